The Morgan fingerprint density at radius 2 is 1.24 bits per heavy atom. The summed E-state index contributed by atoms with van der Waals surface area (Å²) in [6.45, 7) is 0. The first-order valence-corrected chi connectivity index (χ1v) is 10.9. The van der Waals surface area contributed by atoms with Crippen LogP contribution < -0.4 is 0 Å². The van der Waals surface area contributed by atoms with E-state index in [1.165, 1.54) is 56.0 Å². The maximum absolute atomic E-state index is 4.29. The maximum atomic E-state index is 4.29. The van der Waals surface area contributed by atoms with Gasteiger partial charge in [0.15, 0.2) is 5.82 Å². The molecule has 7 aromatic rings. The lowest BCUT2D eigenvalue weighted by molar-refractivity contribution is 1.05. The molecular formula is C29H18N4. The second-order valence-electron chi connectivity index (χ2n) is 8.24. The van der Waals surface area contributed by atoms with Gasteiger partial charge in [-0.15, -0.1) is 0 Å². The van der Waals surface area contributed by atoms with Crippen molar-refractivity contribution in [1.29, 1.82) is 0 Å². The smallest absolute Gasteiger partial charge is 0.162 e. The highest BCUT2D eigenvalue weighted by Crippen LogP contribution is 2.38. The summed E-state index contributed by atoms with van der Waals surface area (Å²) in [5.41, 5.74) is 4.51. The molecule has 4 nitrogen and oxygen atoms in total. The first-order chi connectivity index (χ1) is 16.4. The van der Waals surface area contributed by atoms with Crippen molar-refractivity contribution in [1.82, 2.24) is 19.5 Å². The molecule has 7 rings (SSSR count). The highest BCUT2D eigenvalue weighted by molar-refractivity contribution is 6.20. The zero-order chi connectivity index (χ0) is 21.8. The quantitative estimate of drug-likeness (QED) is 0.303. The minimum atomic E-state index is 0.676. The zero-order valence-corrected chi connectivity index (χ0v) is 17.7. The second kappa shape index (κ2) is 6.97. The number of hydrogen-bond donors (Lipinski definition) is 0. The number of benzene rings is 5. The summed E-state index contributed by atoms with van der Waals surface area (Å²) in [4.78, 5) is 12.5. The molecule has 33 heavy (non-hydrogen) atoms. The van der Waals surface area contributed by atoms with Crippen LogP contribution in [-0.2, 0) is 0 Å². The fourth-order valence-corrected chi connectivity index (χ4v) is 4.88. The van der Waals surface area contributed by atoms with Crippen LogP contribution in [-0.4, -0.2) is 19.5 Å². The molecule has 0 aliphatic rings. The summed E-state index contributed by atoms with van der Waals surface area (Å²) < 4.78 is 2.39. The van der Waals surface area contributed by atoms with Crippen LogP contribution in [0.25, 0.3) is 60.4 Å². The van der Waals surface area contributed by atoms with Gasteiger partial charge in [-0.05, 0) is 52.6 Å². The van der Waals surface area contributed by atoms with Crippen molar-refractivity contribution in [3.05, 3.63) is 110 Å². The first-order valence-electron chi connectivity index (χ1n) is 10.9. The van der Waals surface area contributed by atoms with Crippen LogP contribution in [0, 0.1) is 0 Å². The Balaban J connectivity index is 1.59. The molecule has 0 saturated heterocycles. The average Bonchev–Trinajstić information content (AvgIpc) is 3.21. The molecular weight excluding hydrogens is 404 g/mol. The van der Waals surface area contributed by atoms with E-state index in [1.807, 2.05) is 0 Å². The molecule has 2 aromatic heterocycles. The lowest BCUT2D eigenvalue weighted by Crippen LogP contribution is -1.95. The van der Waals surface area contributed by atoms with Gasteiger partial charge in [0.1, 0.15) is 12.7 Å². The molecule has 5 aromatic carbocycles. The number of rotatable bonds is 2. The molecule has 0 unspecified atom stereocenters. The zero-order valence-electron chi connectivity index (χ0n) is 17.7. The molecule has 0 saturated carbocycles. The molecule has 0 aliphatic heterocycles. The third-order valence-corrected chi connectivity index (χ3v) is 6.40. The minimum absolute atomic E-state index is 0.676. The molecule has 0 radical (unpaired) electrons. The van der Waals surface area contributed by atoms with Crippen LogP contribution in [0.5, 0.6) is 0 Å². The van der Waals surface area contributed by atoms with E-state index in [4.69, 9.17) is 0 Å². The molecule has 0 spiro atoms. The van der Waals surface area contributed by atoms with Crippen molar-refractivity contribution in [3.8, 4) is 17.1 Å². The van der Waals surface area contributed by atoms with Crippen molar-refractivity contribution in [2.24, 2.45) is 0 Å². The van der Waals surface area contributed by atoms with Gasteiger partial charge < -0.3 is 4.57 Å². The summed E-state index contributed by atoms with van der Waals surface area (Å²) >= 11 is 0. The SMILES string of the molecule is c1ccc2cc3c(cc2c1)c1ccc2ccccc2c1n3-c1ccc(-c2ncncn2)cc1. The Hall–Kier alpha value is -4.57. The lowest BCUT2D eigenvalue weighted by Gasteiger charge is -2.11. The molecule has 154 valence electrons. The van der Waals surface area contributed by atoms with Crippen LogP contribution in [0.4, 0.5) is 0 Å². The van der Waals surface area contributed by atoms with E-state index < -0.39 is 0 Å². The average molecular weight is 422 g/mol. The lowest BCUT2D eigenvalue weighted by atomic mass is 10.0. The number of hydrogen-bond acceptors (Lipinski definition) is 3. The van der Waals surface area contributed by atoms with Crippen LogP contribution in [0.15, 0.2) is 110 Å². The van der Waals surface area contributed by atoms with E-state index >= 15 is 0 Å². The van der Waals surface area contributed by atoms with Crippen molar-refractivity contribution < 1.29 is 0 Å². The van der Waals surface area contributed by atoms with Crippen LogP contribution >= 0.6 is 0 Å². The third kappa shape index (κ3) is 2.74. The van der Waals surface area contributed by atoms with E-state index in [-0.39, 0.29) is 0 Å². The van der Waals surface area contributed by atoms with Gasteiger partial charge in [0, 0.05) is 27.4 Å². The fraction of sp³-hybridized carbons (Fsp3) is 0. The van der Waals surface area contributed by atoms with Gasteiger partial charge in [-0.25, -0.2) is 15.0 Å². The normalized spacial score (nSPS) is 11.6. The summed E-state index contributed by atoms with van der Waals surface area (Å²) in [6.07, 6.45) is 3.06. The molecule has 0 bridgehead atoms. The van der Waals surface area contributed by atoms with Gasteiger partial charge in [0.2, 0.25) is 0 Å². The molecule has 2 heterocycles. The molecule has 0 atom stereocenters. The Bertz CT molecular complexity index is 1800. The summed E-state index contributed by atoms with van der Waals surface area (Å²) in [7, 11) is 0. The Morgan fingerprint density at radius 1 is 0.545 bits per heavy atom. The highest BCUT2D eigenvalue weighted by Gasteiger charge is 2.16. The highest BCUT2D eigenvalue weighted by atomic mass is 15.0. The predicted molar refractivity (Wildman–Crippen MR) is 135 cm³/mol. The van der Waals surface area contributed by atoms with Crippen molar-refractivity contribution in [2.45, 2.75) is 0 Å². The van der Waals surface area contributed by atoms with E-state index in [9.17, 15) is 0 Å². The Morgan fingerprint density at radius 3 is 2.03 bits per heavy atom. The molecule has 0 fully saturated rings. The van der Waals surface area contributed by atoms with Gasteiger partial charge in [0.25, 0.3) is 0 Å². The molecule has 0 aliphatic carbocycles. The van der Waals surface area contributed by atoms with E-state index in [0.29, 0.717) is 5.82 Å². The van der Waals surface area contributed by atoms with E-state index in [1.54, 1.807) is 0 Å². The van der Waals surface area contributed by atoms with Gasteiger partial charge in [0.05, 0.1) is 11.0 Å². The minimum Gasteiger partial charge on any atom is -0.309 e. The molecule has 0 N–H and O–H groups in total. The first kappa shape index (κ1) is 18.0. The van der Waals surface area contributed by atoms with Crippen LogP contribution in [0.3, 0.4) is 0 Å². The monoisotopic (exact) mass is 422 g/mol. The topological polar surface area (TPSA) is 43.6 Å². The standard InChI is InChI=1S/C29H18N4/c1-2-7-22-16-27-26(15-21(22)6-1)25-14-11-19-5-3-4-8-24(19)28(25)33(27)23-12-9-20(10-13-23)29-31-17-30-18-32-29/h1-18H. The fourth-order valence-electron chi connectivity index (χ4n) is 4.88. The van der Waals surface area contributed by atoms with E-state index in [0.717, 1.165) is 11.3 Å². The number of aromatic nitrogens is 4. The number of nitrogens with zero attached hydrogens (tertiary/aromatic N) is 4. The second-order valence-corrected chi connectivity index (χ2v) is 8.24. The van der Waals surface area contributed by atoms with E-state index in [2.05, 4.69) is 117 Å². The predicted octanol–water partition coefficient (Wildman–Crippen LogP) is 6.94. The summed E-state index contributed by atoms with van der Waals surface area (Å²) in [5, 5.41) is 7.49. The largest absolute Gasteiger partial charge is 0.309 e. The van der Waals surface area contributed by atoms with Crippen molar-refractivity contribution in [2.75, 3.05) is 0 Å². The third-order valence-electron chi connectivity index (χ3n) is 6.40. The van der Waals surface area contributed by atoms with Gasteiger partial charge in [-0.2, -0.15) is 0 Å². The van der Waals surface area contributed by atoms with Crippen molar-refractivity contribution >= 4 is 43.4 Å². The Labute approximate surface area is 189 Å². The maximum Gasteiger partial charge on any atom is 0.162 e. The Kier molecular flexibility index (Phi) is 3.81. The van der Waals surface area contributed by atoms with Crippen molar-refractivity contribution in [3.63, 3.8) is 0 Å². The van der Waals surface area contributed by atoms with Gasteiger partial charge >= 0.3 is 0 Å². The number of fused-ring (bicyclic) bond motifs is 6. The summed E-state index contributed by atoms with van der Waals surface area (Å²) in [6, 6.07) is 34.7. The summed E-state index contributed by atoms with van der Waals surface area (Å²) in [5.74, 6) is 0.676. The molecule has 4 heteroatoms. The molecule has 0 amide bonds. The van der Waals surface area contributed by atoms with Gasteiger partial charge in [-0.1, -0.05) is 60.7 Å². The van der Waals surface area contributed by atoms with Gasteiger partial charge in [-0.3, -0.25) is 0 Å². The van der Waals surface area contributed by atoms with Crippen LogP contribution in [0.1, 0.15) is 0 Å². The van der Waals surface area contributed by atoms with Crippen LogP contribution in [0.2, 0.25) is 0 Å².